The first-order valence-corrected chi connectivity index (χ1v) is 11.3. The molecule has 2 saturated heterocycles. The number of hydrogen-bond acceptors (Lipinski definition) is 4. The first-order valence-electron chi connectivity index (χ1n) is 11.3. The van der Waals surface area contributed by atoms with Gasteiger partial charge in [0.1, 0.15) is 5.82 Å². The number of halogens is 1. The molecule has 2 atom stereocenters. The molecule has 32 heavy (non-hydrogen) atoms. The van der Waals surface area contributed by atoms with Gasteiger partial charge in [0.2, 0.25) is 11.8 Å². The van der Waals surface area contributed by atoms with E-state index in [4.69, 9.17) is 0 Å². The molecule has 2 unspecified atom stereocenters. The Bertz CT molecular complexity index is 939. The Morgan fingerprint density at radius 1 is 1.06 bits per heavy atom. The van der Waals surface area contributed by atoms with Crippen LogP contribution < -0.4 is 10.2 Å². The summed E-state index contributed by atoms with van der Waals surface area (Å²) in [6.07, 6.45) is 0.963. The normalized spacial score (nSPS) is 22.3. The minimum Gasteiger partial charge on any atom is -0.356 e. The third-order valence-corrected chi connectivity index (χ3v) is 6.44. The van der Waals surface area contributed by atoms with E-state index < -0.39 is 11.7 Å². The van der Waals surface area contributed by atoms with Gasteiger partial charge in [0.05, 0.1) is 11.6 Å². The fraction of sp³-hybridized carbons (Fsp3) is 0.440. The van der Waals surface area contributed by atoms with Crippen molar-refractivity contribution in [3.8, 4) is 0 Å². The zero-order valence-electron chi connectivity index (χ0n) is 18.5. The van der Waals surface area contributed by atoms with Crippen molar-refractivity contribution in [2.45, 2.75) is 18.9 Å². The SMILES string of the molecule is CN1CCN(CCCNC(=O)C2CC(=O)N(c3ccccc3F)C2)C(c2ccccc2)C1. The third kappa shape index (κ3) is 5.16. The smallest absolute Gasteiger partial charge is 0.227 e. The molecule has 4 rings (SSSR count). The number of benzene rings is 2. The van der Waals surface area contributed by atoms with E-state index in [2.05, 4.69) is 46.4 Å². The van der Waals surface area contributed by atoms with E-state index in [1.807, 2.05) is 6.07 Å². The molecule has 2 aromatic carbocycles. The van der Waals surface area contributed by atoms with Gasteiger partial charge in [-0.25, -0.2) is 4.39 Å². The van der Waals surface area contributed by atoms with E-state index in [1.165, 1.54) is 16.5 Å². The Hall–Kier alpha value is -2.77. The van der Waals surface area contributed by atoms with Crippen LogP contribution in [-0.2, 0) is 9.59 Å². The van der Waals surface area contributed by atoms with Gasteiger partial charge in [0.25, 0.3) is 0 Å². The van der Waals surface area contributed by atoms with Crippen molar-refractivity contribution in [2.75, 3.05) is 51.2 Å². The summed E-state index contributed by atoms with van der Waals surface area (Å²) in [5, 5.41) is 2.99. The molecule has 7 heteroatoms. The maximum absolute atomic E-state index is 14.0. The van der Waals surface area contributed by atoms with Crippen LogP contribution in [0.3, 0.4) is 0 Å². The van der Waals surface area contributed by atoms with Crippen LogP contribution in [0.4, 0.5) is 10.1 Å². The number of nitrogens with zero attached hydrogens (tertiary/aromatic N) is 3. The first-order chi connectivity index (χ1) is 15.5. The van der Waals surface area contributed by atoms with Crippen molar-refractivity contribution < 1.29 is 14.0 Å². The van der Waals surface area contributed by atoms with E-state index in [1.54, 1.807) is 18.2 Å². The number of rotatable bonds is 7. The van der Waals surface area contributed by atoms with Crippen molar-refractivity contribution in [1.82, 2.24) is 15.1 Å². The molecule has 0 saturated carbocycles. The largest absolute Gasteiger partial charge is 0.356 e. The summed E-state index contributed by atoms with van der Waals surface area (Å²) in [5.41, 5.74) is 1.57. The number of piperazine rings is 1. The molecule has 2 fully saturated rings. The Morgan fingerprint density at radius 2 is 1.81 bits per heavy atom. The van der Waals surface area contributed by atoms with Crippen LogP contribution in [0.2, 0.25) is 0 Å². The standard InChI is InChI=1S/C25H31FN4O2/c1-28-14-15-29(23(18-28)19-8-3-2-4-9-19)13-7-12-27-25(32)20-16-24(31)30(17-20)22-11-6-5-10-21(22)26/h2-6,8-11,20,23H,7,12-18H2,1H3,(H,27,32). The Labute approximate surface area is 189 Å². The van der Waals surface area contributed by atoms with Crippen LogP contribution in [0, 0.1) is 11.7 Å². The lowest BCUT2D eigenvalue weighted by Crippen LogP contribution is -2.47. The molecule has 0 radical (unpaired) electrons. The molecule has 6 nitrogen and oxygen atoms in total. The summed E-state index contributed by atoms with van der Waals surface area (Å²) >= 11 is 0. The molecule has 2 aliphatic heterocycles. The summed E-state index contributed by atoms with van der Waals surface area (Å²) in [7, 11) is 2.15. The molecule has 170 valence electrons. The Kier molecular flexibility index (Phi) is 7.17. The van der Waals surface area contributed by atoms with E-state index >= 15 is 0 Å². The van der Waals surface area contributed by atoms with Crippen molar-refractivity contribution in [1.29, 1.82) is 0 Å². The number of anilines is 1. The zero-order valence-corrected chi connectivity index (χ0v) is 18.5. The second-order valence-electron chi connectivity index (χ2n) is 8.73. The van der Waals surface area contributed by atoms with E-state index in [-0.39, 0.29) is 30.5 Å². The summed E-state index contributed by atoms with van der Waals surface area (Å²) in [4.78, 5) is 31.2. The number of nitrogens with one attached hydrogen (secondary N) is 1. The molecule has 0 aromatic heterocycles. The van der Waals surface area contributed by atoms with Gasteiger partial charge < -0.3 is 15.1 Å². The van der Waals surface area contributed by atoms with Crippen LogP contribution in [0.15, 0.2) is 54.6 Å². The van der Waals surface area contributed by atoms with Crippen molar-refractivity contribution >= 4 is 17.5 Å². The quantitative estimate of drug-likeness (QED) is 0.676. The van der Waals surface area contributed by atoms with Gasteiger partial charge in [-0.05, 0) is 31.2 Å². The highest BCUT2D eigenvalue weighted by Gasteiger charge is 2.36. The fourth-order valence-electron chi connectivity index (χ4n) is 4.64. The van der Waals surface area contributed by atoms with Gasteiger partial charge in [-0.3, -0.25) is 14.5 Å². The lowest BCUT2D eigenvalue weighted by atomic mass is 10.0. The van der Waals surface area contributed by atoms with E-state index in [9.17, 15) is 14.0 Å². The maximum atomic E-state index is 14.0. The lowest BCUT2D eigenvalue weighted by molar-refractivity contribution is -0.126. The number of carbonyl (C=O) groups excluding carboxylic acids is 2. The predicted octanol–water partition coefficient (Wildman–Crippen LogP) is 2.67. The number of amides is 2. The highest BCUT2D eigenvalue weighted by molar-refractivity contribution is 6.00. The fourth-order valence-corrected chi connectivity index (χ4v) is 4.64. The molecular formula is C25H31FN4O2. The number of likely N-dealkylation sites (N-methyl/N-ethyl adjacent to an activating group) is 1. The molecule has 2 aromatic rings. The monoisotopic (exact) mass is 438 g/mol. The van der Waals surface area contributed by atoms with Gasteiger partial charge in [-0.15, -0.1) is 0 Å². The predicted molar refractivity (Wildman–Crippen MR) is 123 cm³/mol. The zero-order chi connectivity index (χ0) is 22.5. The molecule has 1 N–H and O–H groups in total. The number of hydrogen-bond donors (Lipinski definition) is 1. The van der Waals surface area contributed by atoms with Crippen LogP contribution in [-0.4, -0.2) is 67.9 Å². The summed E-state index contributed by atoms with van der Waals surface area (Å²) < 4.78 is 14.0. The molecule has 0 aliphatic carbocycles. The van der Waals surface area contributed by atoms with Crippen LogP contribution in [0.25, 0.3) is 0 Å². The van der Waals surface area contributed by atoms with E-state index in [0.717, 1.165) is 32.6 Å². The Morgan fingerprint density at radius 3 is 2.59 bits per heavy atom. The average Bonchev–Trinajstić information content (AvgIpc) is 3.19. The maximum Gasteiger partial charge on any atom is 0.227 e. The lowest BCUT2D eigenvalue weighted by Gasteiger charge is -2.40. The number of carbonyl (C=O) groups is 2. The van der Waals surface area contributed by atoms with Crippen molar-refractivity contribution in [3.63, 3.8) is 0 Å². The van der Waals surface area contributed by atoms with Gasteiger partial charge in [-0.2, -0.15) is 0 Å². The van der Waals surface area contributed by atoms with Crippen molar-refractivity contribution in [3.05, 3.63) is 66.0 Å². The van der Waals surface area contributed by atoms with Crippen LogP contribution >= 0.6 is 0 Å². The van der Waals surface area contributed by atoms with Crippen LogP contribution in [0.5, 0.6) is 0 Å². The van der Waals surface area contributed by atoms with Gasteiger partial charge in [0, 0.05) is 51.7 Å². The summed E-state index contributed by atoms with van der Waals surface area (Å²) in [6, 6.07) is 17.1. The molecule has 0 bridgehead atoms. The summed E-state index contributed by atoms with van der Waals surface area (Å²) in [5.74, 6) is -1.22. The van der Waals surface area contributed by atoms with E-state index in [0.29, 0.717) is 12.6 Å². The Balaban J connectivity index is 1.26. The number of para-hydroxylation sites is 1. The second-order valence-corrected chi connectivity index (χ2v) is 8.73. The minimum absolute atomic E-state index is 0.120. The minimum atomic E-state index is -0.443. The van der Waals surface area contributed by atoms with Gasteiger partial charge in [0.15, 0.2) is 0 Å². The van der Waals surface area contributed by atoms with Gasteiger partial charge in [-0.1, -0.05) is 42.5 Å². The molecule has 2 heterocycles. The molecule has 2 amide bonds. The third-order valence-electron chi connectivity index (χ3n) is 6.44. The summed E-state index contributed by atoms with van der Waals surface area (Å²) in [6.45, 7) is 4.72. The van der Waals surface area contributed by atoms with Crippen LogP contribution in [0.1, 0.15) is 24.4 Å². The second kappa shape index (κ2) is 10.2. The topological polar surface area (TPSA) is 55.9 Å². The van der Waals surface area contributed by atoms with Crippen molar-refractivity contribution in [2.24, 2.45) is 5.92 Å². The van der Waals surface area contributed by atoms with Gasteiger partial charge >= 0.3 is 0 Å². The first kappa shape index (κ1) is 22.4. The highest BCUT2D eigenvalue weighted by Crippen LogP contribution is 2.27. The molecule has 0 spiro atoms. The average molecular weight is 439 g/mol. The molecule has 2 aliphatic rings. The highest BCUT2D eigenvalue weighted by atomic mass is 19.1. The molecular weight excluding hydrogens is 407 g/mol.